The van der Waals surface area contributed by atoms with E-state index < -0.39 is 0 Å². The zero-order chi connectivity index (χ0) is 13.3. The summed E-state index contributed by atoms with van der Waals surface area (Å²) in [5.41, 5.74) is 0.577. The minimum atomic E-state index is -0.388. The van der Waals surface area contributed by atoms with Crippen LogP contribution in [0.5, 0.6) is 5.75 Å². The molecule has 2 aliphatic rings. The summed E-state index contributed by atoms with van der Waals surface area (Å²) in [5.74, 6) is 1.46. The Hall–Kier alpha value is -1.31. The summed E-state index contributed by atoms with van der Waals surface area (Å²) in [4.78, 5) is 14.4. The molecule has 1 aromatic carbocycles. The van der Waals surface area contributed by atoms with Crippen molar-refractivity contribution in [3.8, 4) is 5.75 Å². The average molecular weight is 278 g/mol. The molecule has 19 heavy (non-hydrogen) atoms. The molecule has 2 aliphatic carbocycles. The lowest BCUT2D eigenvalue weighted by Crippen LogP contribution is -2.19. The zero-order valence-corrected chi connectivity index (χ0v) is 11.4. The SMILES string of the molecule is O=C=NC1(c2cc(Cl)cc(OCC3CCC3)c2)CC1. The van der Waals surface area contributed by atoms with Crippen molar-refractivity contribution in [1.29, 1.82) is 0 Å². The summed E-state index contributed by atoms with van der Waals surface area (Å²) in [6.45, 7) is 0.754. The highest BCUT2D eigenvalue weighted by atomic mass is 35.5. The Kier molecular flexibility index (Phi) is 3.34. The highest BCUT2D eigenvalue weighted by Gasteiger charge is 2.45. The lowest BCUT2D eigenvalue weighted by atomic mass is 9.86. The summed E-state index contributed by atoms with van der Waals surface area (Å²) in [7, 11) is 0. The number of aliphatic imine (C=N–C) groups is 1. The van der Waals surface area contributed by atoms with E-state index in [4.69, 9.17) is 16.3 Å². The first kappa shape index (κ1) is 12.7. The van der Waals surface area contributed by atoms with Crippen molar-refractivity contribution >= 4 is 17.7 Å². The number of hydrogen-bond donors (Lipinski definition) is 0. The molecular formula is C15H16ClNO2. The fourth-order valence-corrected chi connectivity index (χ4v) is 2.68. The van der Waals surface area contributed by atoms with Crippen LogP contribution in [-0.4, -0.2) is 12.7 Å². The number of rotatable bonds is 5. The van der Waals surface area contributed by atoms with Crippen LogP contribution in [0.4, 0.5) is 0 Å². The fraction of sp³-hybridized carbons (Fsp3) is 0.533. The third-order valence-electron chi connectivity index (χ3n) is 4.10. The van der Waals surface area contributed by atoms with E-state index in [-0.39, 0.29) is 5.54 Å². The molecule has 3 nitrogen and oxygen atoms in total. The Morgan fingerprint density at radius 2 is 2.16 bits per heavy atom. The molecule has 2 saturated carbocycles. The van der Waals surface area contributed by atoms with E-state index in [0.717, 1.165) is 30.8 Å². The molecule has 3 rings (SSSR count). The topological polar surface area (TPSA) is 38.7 Å². The molecular weight excluding hydrogens is 262 g/mol. The van der Waals surface area contributed by atoms with Crippen molar-refractivity contribution in [2.45, 2.75) is 37.6 Å². The second-order valence-electron chi connectivity index (χ2n) is 5.52. The smallest absolute Gasteiger partial charge is 0.235 e. The van der Waals surface area contributed by atoms with Crippen LogP contribution in [0.3, 0.4) is 0 Å². The van der Waals surface area contributed by atoms with Crippen LogP contribution in [0.15, 0.2) is 23.2 Å². The lowest BCUT2D eigenvalue weighted by molar-refractivity contribution is 0.180. The van der Waals surface area contributed by atoms with Gasteiger partial charge in [-0.15, -0.1) is 0 Å². The number of nitrogens with zero attached hydrogens (tertiary/aromatic N) is 1. The second kappa shape index (κ2) is 4.99. The Morgan fingerprint density at radius 3 is 2.74 bits per heavy atom. The van der Waals surface area contributed by atoms with Crippen LogP contribution >= 0.6 is 11.6 Å². The third-order valence-corrected chi connectivity index (χ3v) is 4.32. The van der Waals surface area contributed by atoms with E-state index >= 15 is 0 Å². The predicted octanol–water partition coefficient (Wildman–Crippen LogP) is 3.84. The van der Waals surface area contributed by atoms with Gasteiger partial charge in [-0.1, -0.05) is 18.0 Å². The average Bonchev–Trinajstić information content (AvgIpc) is 3.08. The van der Waals surface area contributed by atoms with E-state index in [1.54, 1.807) is 6.08 Å². The summed E-state index contributed by atoms with van der Waals surface area (Å²) in [5, 5.41) is 0.633. The minimum Gasteiger partial charge on any atom is -0.493 e. The molecule has 0 unspecified atom stereocenters. The van der Waals surface area contributed by atoms with Gasteiger partial charge in [-0.2, -0.15) is 4.99 Å². The van der Waals surface area contributed by atoms with Crippen molar-refractivity contribution in [3.05, 3.63) is 28.8 Å². The molecule has 1 aromatic rings. The quantitative estimate of drug-likeness (QED) is 0.606. The van der Waals surface area contributed by atoms with Crippen LogP contribution < -0.4 is 4.74 Å². The summed E-state index contributed by atoms with van der Waals surface area (Å²) < 4.78 is 5.81. The molecule has 0 N–H and O–H groups in total. The second-order valence-corrected chi connectivity index (χ2v) is 5.95. The Labute approximate surface area is 117 Å². The molecule has 100 valence electrons. The van der Waals surface area contributed by atoms with Crippen molar-refractivity contribution in [3.63, 3.8) is 0 Å². The summed E-state index contributed by atoms with van der Waals surface area (Å²) in [6, 6.07) is 5.65. The van der Waals surface area contributed by atoms with Crippen molar-refractivity contribution in [1.82, 2.24) is 0 Å². The minimum absolute atomic E-state index is 0.388. The molecule has 0 amide bonds. The molecule has 2 fully saturated rings. The monoisotopic (exact) mass is 277 g/mol. The van der Waals surface area contributed by atoms with Gasteiger partial charge in [-0.25, -0.2) is 4.79 Å². The van der Waals surface area contributed by atoms with Gasteiger partial charge in [0.15, 0.2) is 0 Å². The lowest BCUT2D eigenvalue weighted by Gasteiger charge is -2.25. The fourth-order valence-electron chi connectivity index (χ4n) is 2.46. The van der Waals surface area contributed by atoms with Crippen LogP contribution in [0.25, 0.3) is 0 Å². The van der Waals surface area contributed by atoms with Gasteiger partial charge in [0, 0.05) is 5.02 Å². The summed E-state index contributed by atoms with van der Waals surface area (Å²) in [6.07, 6.45) is 7.25. The van der Waals surface area contributed by atoms with Gasteiger partial charge >= 0.3 is 0 Å². The molecule has 0 radical (unpaired) electrons. The maximum absolute atomic E-state index is 10.5. The third kappa shape index (κ3) is 2.68. The molecule has 0 saturated heterocycles. The maximum atomic E-state index is 10.5. The molecule has 0 atom stereocenters. The molecule has 0 heterocycles. The van der Waals surface area contributed by atoms with Gasteiger partial charge in [0.2, 0.25) is 6.08 Å². The number of hydrogen-bond acceptors (Lipinski definition) is 3. The van der Waals surface area contributed by atoms with E-state index in [0.29, 0.717) is 10.9 Å². The number of benzene rings is 1. The van der Waals surface area contributed by atoms with Gasteiger partial charge in [0.1, 0.15) is 5.75 Å². The first-order valence-electron chi connectivity index (χ1n) is 6.75. The van der Waals surface area contributed by atoms with Gasteiger partial charge in [-0.3, -0.25) is 0 Å². The van der Waals surface area contributed by atoms with E-state index in [2.05, 4.69) is 4.99 Å². The van der Waals surface area contributed by atoms with E-state index in [1.165, 1.54) is 19.3 Å². The number of isocyanates is 1. The largest absolute Gasteiger partial charge is 0.493 e. The highest BCUT2D eigenvalue weighted by molar-refractivity contribution is 6.30. The summed E-state index contributed by atoms with van der Waals surface area (Å²) >= 11 is 6.13. The van der Waals surface area contributed by atoms with Crippen LogP contribution in [0.1, 0.15) is 37.7 Å². The predicted molar refractivity (Wildman–Crippen MR) is 73.3 cm³/mol. The Morgan fingerprint density at radius 1 is 1.37 bits per heavy atom. The Bertz CT molecular complexity index is 529. The van der Waals surface area contributed by atoms with Crippen LogP contribution in [0.2, 0.25) is 5.02 Å². The molecule has 0 aromatic heterocycles. The van der Waals surface area contributed by atoms with Gasteiger partial charge < -0.3 is 4.74 Å². The molecule has 0 aliphatic heterocycles. The van der Waals surface area contributed by atoms with Crippen molar-refractivity contribution in [2.24, 2.45) is 10.9 Å². The standard InChI is InChI=1S/C15H16ClNO2/c16-13-6-12(15(4-5-15)17-10-18)7-14(8-13)19-9-11-2-1-3-11/h6-8,11H,1-5,9H2. The first-order chi connectivity index (χ1) is 9.22. The van der Waals surface area contributed by atoms with E-state index in [9.17, 15) is 4.79 Å². The van der Waals surface area contributed by atoms with E-state index in [1.807, 2.05) is 18.2 Å². The van der Waals surface area contributed by atoms with Crippen molar-refractivity contribution < 1.29 is 9.53 Å². The van der Waals surface area contributed by atoms with Gasteiger partial charge in [0.05, 0.1) is 12.1 Å². The maximum Gasteiger partial charge on any atom is 0.235 e. The first-order valence-corrected chi connectivity index (χ1v) is 7.12. The Balaban J connectivity index is 1.77. The highest BCUT2D eigenvalue weighted by Crippen LogP contribution is 2.50. The van der Waals surface area contributed by atoms with Crippen LogP contribution in [-0.2, 0) is 10.3 Å². The van der Waals surface area contributed by atoms with Crippen molar-refractivity contribution in [2.75, 3.05) is 6.61 Å². The zero-order valence-electron chi connectivity index (χ0n) is 10.7. The molecule has 4 heteroatoms. The number of carbonyl (C=O) groups excluding carboxylic acids is 1. The normalized spacial score (nSPS) is 20.3. The molecule has 0 spiro atoms. The van der Waals surface area contributed by atoms with Gasteiger partial charge in [0.25, 0.3) is 0 Å². The van der Waals surface area contributed by atoms with Crippen LogP contribution in [0, 0.1) is 5.92 Å². The van der Waals surface area contributed by atoms with Gasteiger partial charge in [-0.05, 0) is 55.4 Å². The number of halogens is 1. The number of ether oxygens (including phenoxy) is 1. The molecule has 0 bridgehead atoms.